The highest BCUT2D eigenvalue weighted by molar-refractivity contribution is 7.88. The van der Waals surface area contributed by atoms with Crippen molar-refractivity contribution in [2.45, 2.75) is 19.4 Å². The largest absolute Gasteiger partial charge is 0.478 e. The molecule has 0 N–H and O–H groups in total. The Hall–Kier alpha value is -3.34. The average Bonchev–Trinajstić information content (AvgIpc) is 3.29. The van der Waals surface area contributed by atoms with Gasteiger partial charge in [-0.1, -0.05) is 6.07 Å². The van der Waals surface area contributed by atoms with Crippen LogP contribution in [0.1, 0.15) is 17.5 Å². The summed E-state index contributed by atoms with van der Waals surface area (Å²) in [5.74, 6) is 0.598. The van der Waals surface area contributed by atoms with Crippen LogP contribution in [0.4, 0.5) is 0 Å². The number of ether oxygens (including phenoxy) is 1. The second kappa shape index (κ2) is 9.96. The van der Waals surface area contributed by atoms with Crippen LogP contribution in [0.5, 0.6) is 5.88 Å². The van der Waals surface area contributed by atoms with Crippen molar-refractivity contribution in [3.63, 3.8) is 0 Å². The molecule has 0 spiro atoms. The molecule has 0 aliphatic carbocycles. The van der Waals surface area contributed by atoms with E-state index in [1.54, 1.807) is 12.5 Å². The highest BCUT2D eigenvalue weighted by Crippen LogP contribution is 2.27. The predicted octanol–water partition coefficient (Wildman–Crippen LogP) is 3.13. The molecule has 36 heavy (non-hydrogen) atoms. The summed E-state index contributed by atoms with van der Waals surface area (Å²) in [5, 5.41) is 0. The van der Waals surface area contributed by atoms with Gasteiger partial charge >= 0.3 is 0 Å². The molecule has 3 aromatic heterocycles. The summed E-state index contributed by atoms with van der Waals surface area (Å²) in [4.78, 5) is 16.0. The van der Waals surface area contributed by atoms with Gasteiger partial charge in [0.1, 0.15) is 11.8 Å². The lowest BCUT2D eigenvalue weighted by Crippen LogP contribution is -2.35. The molecule has 0 bridgehead atoms. The number of hydrogen-bond acceptors (Lipinski definition) is 7. The number of nitrogens with zero attached hydrogens (tertiary/aromatic N) is 6. The zero-order chi connectivity index (χ0) is 25.3. The molecule has 0 atom stereocenters. The number of hydrogen-bond donors (Lipinski definition) is 0. The molecular formula is C26H30N6O3S. The van der Waals surface area contributed by atoms with Gasteiger partial charge in [-0.2, -0.15) is 4.31 Å². The lowest BCUT2D eigenvalue weighted by molar-refractivity contribution is 0.273. The number of fused-ring (bicyclic) bond motifs is 2. The molecule has 0 radical (unpaired) electrons. The summed E-state index contributed by atoms with van der Waals surface area (Å²) in [5.41, 5.74) is 6.27. The Balaban J connectivity index is 1.39. The highest BCUT2D eigenvalue weighted by atomic mass is 32.2. The third-order valence-corrected chi connectivity index (χ3v) is 7.59. The van der Waals surface area contributed by atoms with E-state index in [1.165, 1.54) is 16.1 Å². The van der Waals surface area contributed by atoms with Crippen LogP contribution in [0.15, 0.2) is 55.0 Å². The average molecular weight is 507 g/mol. The number of sulfonamides is 1. The summed E-state index contributed by atoms with van der Waals surface area (Å²) in [6.45, 7) is 2.48. The molecule has 0 saturated heterocycles. The van der Waals surface area contributed by atoms with Crippen LogP contribution in [0, 0.1) is 0 Å². The molecule has 0 amide bonds. The Morgan fingerprint density at radius 3 is 2.67 bits per heavy atom. The molecule has 0 fully saturated rings. The van der Waals surface area contributed by atoms with Gasteiger partial charge in [-0.3, -0.25) is 4.57 Å². The maximum absolute atomic E-state index is 12.1. The van der Waals surface area contributed by atoms with Gasteiger partial charge in [0.25, 0.3) is 0 Å². The molecule has 1 aliphatic rings. The van der Waals surface area contributed by atoms with Gasteiger partial charge in [-0.05, 0) is 68.4 Å². The van der Waals surface area contributed by atoms with E-state index in [4.69, 9.17) is 9.72 Å². The molecule has 0 unspecified atom stereocenters. The second-order valence-corrected chi connectivity index (χ2v) is 11.3. The van der Waals surface area contributed by atoms with Crippen LogP contribution in [0.2, 0.25) is 0 Å². The van der Waals surface area contributed by atoms with E-state index in [9.17, 15) is 8.42 Å². The highest BCUT2D eigenvalue weighted by Gasteiger charge is 2.23. The van der Waals surface area contributed by atoms with Crippen molar-refractivity contribution in [1.82, 2.24) is 28.7 Å². The third kappa shape index (κ3) is 5.25. The number of pyridine rings is 2. The van der Waals surface area contributed by atoms with Crippen LogP contribution >= 0.6 is 0 Å². The number of imidazole rings is 1. The Labute approximate surface area is 211 Å². The van der Waals surface area contributed by atoms with E-state index in [1.807, 2.05) is 55.1 Å². The van der Waals surface area contributed by atoms with Crippen molar-refractivity contribution in [3.8, 4) is 22.8 Å². The fourth-order valence-corrected chi connectivity index (χ4v) is 5.17. The minimum atomic E-state index is -3.23. The molecule has 9 nitrogen and oxygen atoms in total. The Bertz CT molecular complexity index is 1480. The molecular weight excluding hydrogens is 476 g/mol. The van der Waals surface area contributed by atoms with Gasteiger partial charge < -0.3 is 9.64 Å². The quantitative estimate of drug-likeness (QED) is 0.339. The lowest BCUT2D eigenvalue weighted by atomic mass is 10.0. The minimum Gasteiger partial charge on any atom is -0.478 e. The smallest absolute Gasteiger partial charge is 0.213 e. The van der Waals surface area contributed by atoms with Crippen LogP contribution in [-0.2, 0) is 23.0 Å². The lowest BCUT2D eigenvalue weighted by Gasteiger charge is -2.27. The predicted molar refractivity (Wildman–Crippen MR) is 140 cm³/mol. The first-order valence-electron chi connectivity index (χ1n) is 11.9. The van der Waals surface area contributed by atoms with Gasteiger partial charge in [0.05, 0.1) is 18.6 Å². The molecule has 4 heterocycles. The third-order valence-electron chi connectivity index (χ3n) is 6.34. The summed E-state index contributed by atoms with van der Waals surface area (Å²) in [6, 6.07) is 13.9. The summed E-state index contributed by atoms with van der Waals surface area (Å²) in [7, 11) is 0.851. The van der Waals surface area contributed by atoms with Crippen molar-refractivity contribution >= 4 is 21.2 Å². The van der Waals surface area contributed by atoms with Crippen LogP contribution in [-0.4, -0.2) is 77.2 Å². The van der Waals surface area contributed by atoms with E-state index in [2.05, 4.69) is 20.9 Å². The fourth-order valence-electron chi connectivity index (χ4n) is 4.37. The molecule has 1 aliphatic heterocycles. The molecule has 1 aromatic carbocycles. The van der Waals surface area contributed by atoms with Crippen molar-refractivity contribution < 1.29 is 13.2 Å². The van der Waals surface area contributed by atoms with Gasteiger partial charge in [0, 0.05) is 43.1 Å². The van der Waals surface area contributed by atoms with Crippen LogP contribution in [0.3, 0.4) is 0 Å². The number of aromatic nitrogens is 4. The standard InChI is InChI=1S/C26H30N6O3S/c1-30(2)12-4-14-35-25-10-6-20(16-27-25)23-8-9-24-26(29-23)32(18-28-24)22-7-5-19-11-13-31(36(3,33)34)17-21(19)15-22/h5-10,15-16,18H,4,11-14,17H2,1-3H3. The SMILES string of the molecule is CN(C)CCCOc1ccc(-c2ccc3ncn(-c4ccc5c(c4)CN(S(C)(=O)=O)CC5)c3n2)cn1. The van der Waals surface area contributed by atoms with Crippen LogP contribution in [0.25, 0.3) is 28.1 Å². The van der Waals surface area contributed by atoms with E-state index in [0.717, 1.165) is 46.6 Å². The normalized spacial score (nSPS) is 14.3. The van der Waals surface area contributed by atoms with E-state index >= 15 is 0 Å². The molecule has 0 saturated carbocycles. The van der Waals surface area contributed by atoms with Gasteiger partial charge in [-0.15, -0.1) is 0 Å². The molecule has 10 heteroatoms. The minimum absolute atomic E-state index is 0.378. The van der Waals surface area contributed by atoms with Crippen molar-refractivity contribution in [2.24, 2.45) is 0 Å². The number of rotatable bonds is 8. The fraction of sp³-hybridized carbons (Fsp3) is 0.346. The number of benzene rings is 1. The zero-order valence-electron chi connectivity index (χ0n) is 20.8. The summed E-state index contributed by atoms with van der Waals surface area (Å²) < 4.78 is 33.3. The van der Waals surface area contributed by atoms with Gasteiger partial charge in [0.15, 0.2) is 5.65 Å². The monoisotopic (exact) mass is 506 g/mol. The van der Waals surface area contributed by atoms with Crippen molar-refractivity contribution in [3.05, 3.63) is 66.1 Å². The molecule has 188 valence electrons. The van der Waals surface area contributed by atoms with Crippen LogP contribution < -0.4 is 4.74 Å². The maximum atomic E-state index is 12.1. The van der Waals surface area contributed by atoms with Crippen molar-refractivity contribution in [1.29, 1.82) is 0 Å². The summed E-state index contributed by atoms with van der Waals surface area (Å²) in [6.07, 6.45) is 6.43. The second-order valence-electron chi connectivity index (χ2n) is 9.34. The van der Waals surface area contributed by atoms with Gasteiger partial charge in [-0.25, -0.2) is 23.4 Å². The van der Waals surface area contributed by atoms with Gasteiger partial charge in [0.2, 0.25) is 15.9 Å². The Kier molecular flexibility index (Phi) is 6.74. The molecule has 5 rings (SSSR count). The first kappa shape index (κ1) is 24.4. The van der Waals surface area contributed by atoms with E-state index in [0.29, 0.717) is 32.0 Å². The zero-order valence-corrected chi connectivity index (χ0v) is 21.6. The maximum Gasteiger partial charge on any atom is 0.213 e. The molecule has 4 aromatic rings. The van der Waals surface area contributed by atoms with E-state index < -0.39 is 10.0 Å². The first-order chi connectivity index (χ1) is 17.3. The first-order valence-corrected chi connectivity index (χ1v) is 13.8. The van der Waals surface area contributed by atoms with Crippen molar-refractivity contribution in [2.75, 3.05) is 40.0 Å². The topological polar surface area (TPSA) is 93.5 Å². The Morgan fingerprint density at radius 1 is 1.06 bits per heavy atom. The summed E-state index contributed by atoms with van der Waals surface area (Å²) >= 11 is 0. The van der Waals surface area contributed by atoms with E-state index in [-0.39, 0.29) is 0 Å². The Morgan fingerprint density at radius 2 is 1.92 bits per heavy atom.